The van der Waals surface area contributed by atoms with Crippen LogP contribution in [0.2, 0.25) is 0 Å². The van der Waals surface area contributed by atoms with Crippen LogP contribution in [0.1, 0.15) is 34.1 Å². The van der Waals surface area contributed by atoms with Gasteiger partial charge in [-0.2, -0.15) is 0 Å². The molecule has 0 rings (SSSR count). The standard InChI is InChI=1S/C12H22N2O5/c1-6-13-10(16)8(7-9(15)18-5)14-11(17)19-12(2,3)4/h8H,6-7H2,1-5H3,(H,13,16)(H,14,17). The topological polar surface area (TPSA) is 93.7 Å². The van der Waals surface area contributed by atoms with Gasteiger partial charge in [0.05, 0.1) is 13.5 Å². The van der Waals surface area contributed by atoms with Gasteiger partial charge in [0.15, 0.2) is 0 Å². The van der Waals surface area contributed by atoms with Crippen molar-refractivity contribution in [2.45, 2.75) is 45.8 Å². The molecule has 0 saturated heterocycles. The number of ether oxygens (including phenoxy) is 2. The monoisotopic (exact) mass is 274 g/mol. The number of esters is 1. The summed E-state index contributed by atoms with van der Waals surface area (Å²) in [7, 11) is 1.21. The summed E-state index contributed by atoms with van der Waals surface area (Å²) in [5.41, 5.74) is -0.679. The molecule has 0 aromatic heterocycles. The van der Waals surface area contributed by atoms with Crippen molar-refractivity contribution in [3.63, 3.8) is 0 Å². The number of nitrogens with one attached hydrogen (secondary N) is 2. The van der Waals surface area contributed by atoms with E-state index in [0.29, 0.717) is 6.54 Å². The Morgan fingerprint density at radius 2 is 1.79 bits per heavy atom. The summed E-state index contributed by atoms with van der Waals surface area (Å²) in [6, 6.07) is -1.01. The average molecular weight is 274 g/mol. The first-order valence-corrected chi connectivity index (χ1v) is 6.03. The molecule has 110 valence electrons. The van der Waals surface area contributed by atoms with E-state index in [4.69, 9.17) is 4.74 Å². The fraction of sp³-hybridized carbons (Fsp3) is 0.750. The predicted molar refractivity (Wildman–Crippen MR) is 68.5 cm³/mol. The molecule has 0 radical (unpaired) electrons. The zero-order valence-corrected chi connectivity index (χ0v) is 12.0. The quantitative estimate of drug-likeness (QED) is 0.715. The molecule has 7 nitrogen and oxygen atoms in total. The van der Waals surface area contributed by atoms with Crippen molar-refractivity contribution in [1.82, 2.24) is 10.6 Å². The Morgan fingerprint density at radius 1 is 1.21 bits per heavy atom. The first kappa shape index (κ1) is 17.2. The molecular weight excluding hydrogens is 252 g/mol. The van der Waals surface area contributed by atoms with E-state index in [1.54, 1.807) is 27.7 Å². The molecule has 0 aromatic rings. The Labute approximate surface area is 113 Å². The summed E-state index contributed by atoms with van der Waals surface area (Å²) in [5, 5.41) is 4.88. The van der Waals surface area contributed by atoms with Crippen LogP contribution in [-0.2, 0) is 19.1 Å². The lowest BCUT2D eigenvalue weighted by atomic mass is 10.2. The molecular formula is C12H22N2O5. The van der Waals surface area contributed by atoms with Crippen LogP contribution in [0.3, 0.4) is 0 Å². The van der Waals surface area contributed by atoms with Crippen LogP contribution in [-0.4, -0.2) is 43.3 Å². The van der Waals surface area contributed by atoms with Gasteiger partial charge in [-0.05, 0) is 27.7 Å². The lowest BCUT2D eigenvalue weighted by Gasteiger charge is -2.22. The molecule has 19 heavy (non-hydrogen) atoms. The third kappa shape index (κ3) is 8.01. The van der Waals surface area contributed by atoms with Crippen molar-refractivity contribution in [1.29, 1.82) is 0 Å². The number of hydrogen-bond acceptors (Lipinski definition) is 5. The number of methoxy groups -OCH3 is 1. The molecule has 0 aliphatic heterocycles. The molecule has 0 aliphatic rings. The highest BCUT2D eigenvalue weighted by Crippen LogP contribution is 2.07. The van der Waals surface area contributed by atoms with Crippen LogP contribution in [0.15, 0.2) is 0 Å². The van der Waals surface area contributed by atoms with Crippen molar-refractivity contribution >= 4 is 18.0 Å². The maximum atomic E-state index is 11.7. The van der Waals surface area contributed by atoms with Gasteiger partial charge in [0.25, 0.3) is 0 Å². The summed E-state index contributed by atoms with van der Waals surface area (Å²) in [6.07, 6.45) is -1.01. The van der Waals surface area contributed by atoms with Crippen LogP contribution in [0.5, 0.6) is 0 Å². The number of carbonyl (C=O) groups is 3. The van der Waals surface area contributed by atoms with E-state index in [2.05, 4.69) is 15.4 Å². The van der Waals surface area contributed by atoms with Gasteiger partial charge in [-0.3, -0.25) is 9.59 Å². The van der Waals surface area contributed by atoms with Gasteiger partial charge in [0.2, 0.25) is 5.91 Å². The van der Waals surface area contributed by atoms with Crippen LogP contribution >= 0.6 is 0 Å². The Bertz CT molecular complexity index is 336. The largest absolute Gasteiger partial charge is 0.469 e. The van der Waals surface area contributed by atoms with Crippen LogP contribution < -0.4 is 10.6 Å². The Balaban J connectivity index is 4.61. The molecule has 2 N–H and O–H groups in total. The van der Waals surface area contributed by atoms with E-state index in [9.17, 15) is 14.4 Å². The average Bonchev–Trinajstić information content (AvgIpc) is 2.25. The molecule has 2 amide bonds. The van der Waals surface area contributed by atoms with E-state index in [0.717, 1.165) is 0 Å². The smallest absolute Gasteiger partial charge is 0.408 e. The second-order valence-corrected chi connectivity index (χ2v) is 4.87. The van der Waals surface area contributed by atoms with Gasteiger partial charge in [-0.15, -0.1) is 0 Å². The second kappa shape index (κ2) is 7.60. The number of alkyl carbamates (subject to hydrolysis) is 1. The highest BCUT2D eigenvalue weighted by Gasteiger charge is 2.26. The second-order valence-electron chi connectivity index (χ2n) is 4.87. The minimum absolute atomic E-state index is 0.248. The molecule has 0 bridgehead atoms. The van der Waals surface area contributed by atoms with Gasteiger partial charge in [0, 0.05) is 6.54 Å². The van der Waals surface area contributed by atoms with E-state index in [-0.39, 0.29) is 6.42 Å². The first-order chi connectivity index (χ1) is 8.69. The van der Waals surface area contributed by atoms with Crippen molar-refractivity contribution in [3.05, 3.63) is 0 Å². The molecule has 0 spiro atoms. The van der Waals surface area contributed by atoms with Crippen molar-refractivity contribution < 1.29 is 23.9 Å². The van der Waals surface area contributed by atoms with Crippen molar-refractivity contribution in [3.8, 4) is 0 Å². The van der Waals surface area contributed by atoms with E-state index >= 15 is 0 Å². The summed E-state index contributed by atoms with van der Waals surface area (Å²) in [6.45, 7) is 7.24. The lowest BCUT2D eigenvalue weighted by Crippen LogP contribution is -2.49. The SMILES string of the molecule is CCNC(=O)C(CC(=O)OC)NC(=O)OC(C)(C)C. The number of carbonyl (C=O) groups excluding carboxylic acids is 3. The molecule has 0 heterocycles. The van der Waals surface area contributed by atoms with Crippen LogP contribution in [0, 0.1) is 0 Å². The highest BCUT2D eigenvalue weighted by molar-refractivity contribution is 5.89. The molecule has 7 heteroatoms. The third-order valence-corrected chi connectivity index (χ3v) is 1.96. The van der Waals surface area contributed by atoms with E-state index in [1.807, 2.05) is 0 Å². The van der Waals surface area contributed by atoms with Crippen molar-refractivity contribution in [2.24, 2.45) is 0 Å². The van der Waals surface area contributed by atoms with Gasteiger partial charge < -0.3 is 20.1 Å². The number of likely N-dealkylation sites (N-methyl/N-ethyl adjacent to an activating group) is 1. The lowest BCUT2D eigenvalue weighted by molar-refractivity contribution is -0.143. The van der Waals surface area contributed by atoms with Gasteiger partial charge in [-0.1, -0.05) is 0 Å². The minimum Gasteiger partial charge on any atom is -0.469 e. The van der Waals surface area contributed by atoms with Gasteiger partial charge >= 0.3 is 12.1 Å². The molecule has 0 aromatic carbocycles. The highest BCUT2D eigenvalue weighted by atomic mass is 16.6. The molecule has 0 saturated carbocycles. The Morgan fingerprint density at radius 3 is 2.21 bits per heavy atom. The molecule has 1 unspecified atom stereocenters. The fourth-order valence-electron chi connectivity index (χ4n) is 1.21. The van der Waals surface area contributed by atoms with Gasteiger partial charge in [0.1, 0.15) is 11.6 Å². The normalized spacial score (nSPS) is 12.3. The number of hydrogen-bond donors (Lipinski definition) is 2. The third-order valence-electron chi connectivity index (χ3n) is 1.96. The number of amides is 2. The Kier molecular flexibility index (Phi) is 6.89. The number of rotatable bonds is 5. The molecule has 0 fully saturated rings. The summed E-state index contributed by atoms with van der Waals surface area (Å²) >= 11 is 0. The molecule has 1 atom stereocenters. The Hall–Kier alpha value is -1.79. The van der Waals surface area contributed by atoms with Crippen LogP contribution in [0.25, 0.3) is 0 Å². The fourth-order valence-corrected chi connectivity index (χ4v) is 1.21. The zero-order chi connectivity index (χ0) is 15.1. The van der Waals surface area contributed by atoms with Crippen LogP contribution in [0.4, 0.5) is 4.79 Å². The summed E-state index contributed by atoms with van der Waals surface area (Å²) < 4.78 is 9.51. The first-order valence-electron chi connectivity index (χ1n) is 6.03. The summed E-state index contributed by atoms with van der Waals surface area (Å²) in [4.78, 5) is 34.5. The maximum Gasteiger partial charge on any atom is 0.408 e. The summed E-state index contributed by atoms with van der Waals surface area (Å²) in [5.74, 6) is -1.05. The van der Waals surface area contributed by atoms with Crippen molar-refractivity contribution in [2.75, 3.05) is 13.7 Å². The zero-order valence-electron chi connectivity index (χ0n) is 12.0. The molecule has 0 aliphatic carbocycles. The maximum absolute atomic E-state index is 11.7. The van der Waals surface area contributed by atoms with E-state index < -0.39 is 29.6 Å². The predicted octanol–water partition coefficient (Wildman–Crippen LogP) is 0.579. The van der Waals surface area contributed by atoms with E-state index in [1.165, 1.54) is 7.11 Å². The minimum atomic E-state index is -1.01. The van der Waals surface area contributed by atoms with Gasteiger partial charge in [-0.25, -0.2) is 4.79 Å².